The maximum Gasteiger partial charge on any atom is 0.242 e. The van der Waals surface area contributed by atoms with Crippen LogP contribution < -0.4 is 10.2 Å². The third kappa shape index (κ3) is 3.09. The van der Waals surface area contributed by atoms with Gasteiger partial charge in [-0.15, -0.1) is 0 Å². The Labute approximate surface area is 137 Å². The van der Waals surface area contributed by atoms with Crippen LogP contribution in [0.4, 0.5) is 5.69 Å². The van der Waals surface area contributed by atoms with Crippen molar-refractivity contribution in [2.45, 2.75) is 25.7 Å². The number of rotatable bonds is 5. The van der Waals surface area contributed by atoms with Crippen molar-refractivity contribution in [3.05, 3.63) is 40.5 Å². The molecule has 1 aliphatic rings. The van der Waals surface area contributed by atoms with Gasteiger partial charge in [-0.3, -0.25) is 10.4 Å². The van der Waals surface area contributed by atoms with Gasteiger partial charge in [-0.25, -0.2) is 4.98 Å². The predicted octanol–water partition coefficient (Wildman–Crippen LogP) is 3.36. The van der Waals surface area contributed by atoms with Crippen molar-refractivity contribution in [1.82, 2.24) is 15.0 Å². The first-order valence-corrected chi connectivity index (χ1v) is 7.79. The maximum atomic E-state index is 5.32. The van der Waals surface area contributed by atoms with E-state index in [1.54, 1.807) is 19.5 Å². The van der Waals surface area contributed by atoms with Crippen LogP contribution in [0.5, 0.6) is 5.88 Å². The number of nitrogens with one attached hydrogen (secondary N) is 1. The van der Waals surface area contributed by atoms with Crippen LogP contribution in [0.2, 0.25) is 0 Å². The first kappa shape index (κ1) is 14.9. The molecule has 0 aliphatic heterocycles. The highest BCUT2D eigenvalue weighted by Crippen LogP contribution is 2.44. The lowest BCUT2D eigenvalue weighted by atomic mass is 10.2. The zero-order chi connectivity index (χ0) is 15.5. The summed E-state index contributed by atoms with van der Waals surface area (Å²) in [6, 6.07) is 1.91. The molecule has 2 aromatic rings. The molecule has 1 aliphatic carbocycles. The normalized spacial score (nSPS) is 14.8. The highest BCUT2D eigenvalue weighted by molar-refractivity contribution is 9.10. The number of hydrogen-bond acceptors (Lipinski definition) is 6. The first-order chi connectivity index (χ1) is 10.7. The lowest BCUT2D eigenvalue weighted by molar-refractivity contribution is 0.398. The molecule has 6 nitrogen and oxygen atoms in total. The second-order valence-electron chi connectivity index (χ2n) is 5.08. The van der Waals surface area contributed by atoms with E-state index in [0.29, 0.717) is 11.8 Å². The van der Waals surface area contributed by atoms with E-state index < -0.39 is 0 Å². The minimum absolute atomic E-state index is 0.475. The third-order valence-corrected chi connectivity index (χ3v) is 4.13. The van der Waals surface area contributed by atoms with Gasteiger partial charge in [-0.05, 0) is 41.8 Å². The molecule has 0 radical (unpaired) electrons. The van der Waals surface area contributed by atoms with Crippen LogP contribution in [0.15, 0.2) is 34.4 Å². The summed E-state index contributed by atoms with van der Waals surface area (Å²) in [6.45, 7) is 1.93. The minimum atomic E-state index is 0.475. The van der Waals surface area contributed by atoms with Gasteiger partial charge in [-0.1, -0.05) is 0 Å². The second-order valence-corrected chi connectivity index (χ2v) is 5.94. The van der Waals surface area contributed by atoms with Crippen molar-refractivity contribution in [1.29, 1.82) is 0 Å². The topological polar surface area (TPSA) is 72.3 Å². The molecule has 114 valence electrons. The summed E-state index contributed by atoms with van der Waals surface area (Å²) >= 11 is 3.48. The largest absolute Gasteiger partial charge is 0.479 e. The van der Waals surface area contributed by atoms with E-state index in [9.17, 15) is 0 Å². The van der Waals surface area contributed by atoms with Gasteiger partial charge in [0.15, 0.2) is 0 Å². The smallest absolute Gasteiger partial charge is 0.242 e. The SMILES string of the molecule is COc1ncnc(C2CC2)c1NN=C(C)c1ccncc1Br. The predicted molar refractivity (Wildman–Crippen MR) is 88.3 cm³/mol. The Morgan fingerprint density at radius 1 is 1.41 bits per heavy atom. The number of halogens is 1. The molecule has 0 unspecified atom stereocenters. The van der Waals surface area contributed by atoms with Crippen LogP contribution in [-0.2, 0) is 0 Å². The van der Waals surface area contributed by atoms with Gasteiger partial charge in [0.25, 0.3) is 0 Å². The Morgan fingerprint density at radius 2 is 2.23 bits per heavy atom. The molecule has 1 saturated carbocycles. The summed E-state index contributed by atoms with van der Waals surface area (Å²) in [4.78, 5) is 12.6. The fraction of sp³-hybridized carbons (Fsp3) is 0.333. The fourth-order valence-electron chi connectivity index (χ4n) is 2.18. The van der Waals surface area contributed by atoms with E-state index in [-0.39, 0.29) is 0 Å². The molecule has 0 bridgehead atoms. The van der Waals surface area contributed by atoms with E-state index >= 15 is 0 Å². The molecule has 7 heteroatoms. The molecule has 3 rings (SSSR count). The summed E-state index contributed by atoms with van der Waals surface area (Å²) < 4.78 is 6.22. The van der Waals surface area contributed by atoms with E-state index in [0.717, 1.165) is 40.0 Å². The summed E-state index contributed by atoms with van der Waals surface area (Å²) in [5.41, 5.74) is 6.61. The number of anilines is 1. The number of aromatic nitrogens is 3. The van der Waals surface area contributed by atoms with Crippen LogP contribution in [-0.4, -0.2) is 27.8 Å². The number of ether oxygens (including phenoxy) is 1. The molecule has 0 saturated heterocycles. The molecule has 1 fully saturated rings. The molecule has 0 aromatic carbocycles. The summed E-state index contributed by atoms with van der Waals surface area (Å²) in [6.07, 6.45) is 7.31. The van der Waals surface area contributed by atoms with Crippen molar-refractivity contribution < 1.29 is 4.74 Å². The van der Waals surface area contributed by atoms with Crippen LogP contribution in [0, 0.1) is 0 Å². The second kappa shape index (κ2) is 6.39. The molecular formula is C15H16BrN5O. The van der Waals surface area contributed by atoms with Gasteiger partial charge >= 0.3 is 0 Å². The molecule has 0 atom stereocenters. The van der Waals surface area contributed by atoms with E-state index in [2.05, 4.69) is 41.4 Å². The van der Waals surface area contributed by atoms with Gasteiger partial charge < -0.3 is 4.74 Å². The Hall–Kier alpha value is -2.02. The number of nitrogens with zero attached hydrogens (tertiary/aromatic N) is 4. The van der Waals surface area contributed by atoms with Gasteiger partial charge in [-0.2, -0.15) is 10.1 Å². The molecule has 2 aromatic heterocycles. The number of methoxy groups -OCH3 is 1. The van der Waals surface area contributed by atoms with Gasteiger partial charge in [0, 0.05) is 28.3 Å². The van der Waals surface area contributed by atoms with Crippen molar-refractivity contribution in [2.75, 3.05) is 12.5 Å². The molecule has 0 spiro atoms. The van der Waals surface area contributed by atoms with Crippen LogP contribution in [0.3, 0.4) is 0 Å². The Kier molecular flexibility index (Phi) is 4.33. The number of pyridine rings is 1. The monoisotopic (exact) mass is 361 g/mol. The van der Waals surface area contributed by atoms with Gasteiger partial charge in [0.05, 0.1) is 18.5 Å². The van der Waals surface area contributed by atoms with Crippen molar-refractivity contribution in [2.24, 2.45) is 5.10 Å². The summed E-state index contributed by atoms with van der Waals surface area (Å²) in [7, 11) is 1.60. The van der Waals surface area contributed by atoms with Gasteiger partial charge in [0.2, 0.25) is 5.88 Å². The lowest BCUT2D eigenvalue weighted by Crippen LogP contribution is -2.06. The van der Waals surface area contributed by atoms with Crippen molar-refractivity contribution in [3.63, 3.8) is 0 Å². The quantitative estimate of drug-likeness (QED) is 0.652. The number of hydrazone groups is 1. The Balaban J connectivity index is 1.90. The Bertz CT molecular complexity index is 715. The Morgan fingerprint density at radius 3 is 2.91 bits per heavy atom. The minimum Gasteiger partial charge on any atom is -0.479 e. The first-order valence-electron chi connectivity index (χ1n) is 6.99. The molecule has 2 heterocycles. The van der Waals surface area contributed by atoms with Crippen LogP contribution >= 0.6 is 15.9 Å². The fourth-order valence-corrected chi connectivity index (χ4v) is 2.71. The summed E-state index contributed by atoms with van der Waals surface area (Å²) in [5, 5.41) is 4.45. The highest BCUT2D eigenvalue weighted by Gasteiger charge is 2.29. The van der Waals surface area contributed by atoms with E-state index in [1.807, 2.05) is 13.0 Å². The van der Waals surface area contributed by atoms with Crippen LogP contribution in [0.1, 0.15) is 36.9 Å². The standard InChI is InChI=1S/C15H16BrN5O/c1-9(11-5-6-17-7-12(11)16)20-21-14-13(10-3-4-10)18-8-19-15(14)22-2/h5-8,10,21H,3-4H2,1-2H3. The van der Waals surface area contributed by atoms with Gasteiger partial charge in [0.1, 0.15) is 12.0 Å². The highest BCUT2D eigenvalue weighted by atomic mass is 79.9. The maximum absolute atomic E-state index is 5.32. The van der Waals surface area contributed by atoms with Crippen LogP contribution in [0.25, 0.3) is 0 Å². The molecule has 1 N–H and O–H groups in total. The third-order valence-electron chi connectivity index (χ3n) is 3.50. The molecule has 22 heavy (non-hydrogen) atoms. The molecule has 0 amide bonds. The zero-order valence-electron chi connectivity index (χ0n) is 12.4. The van der Waals surface area contributed by atoms with Crippen molar-refractivity contribution >= 4 is 27.3 Å². The zero-order valence-corrected chi connectivity index (χ0v) is 14.0. The summed E-state index contributed by atoms with van der Waals surface area (Å²) in [5.74, 6) is 0.991. The molecular weight excluding hydrogens is 346 g/mol. The lowest BCUT2D eigenvalue weighted by Gasteiger charge is -2.11. The van der Waals surface area contributed by atoms with Crippen molar-refractivity contribution in [3.8, 4) is 5.88 Å². The number of hydrogen-bond donors (Lipinski definition) is 1. The average molecular weight is 362 g/mol. The van der Waals surface area contributed by atoms with E-state index in [1.165, 1.54) is 6.33 Å². The average Bonchev–Trinajstić information content (AvgIpc) is 3.37. The van der Waals surface area contributed by atoms with E-state index in [4.69, 9.17) is 4.74 Å².